The number of hydrogen-bond donors (Lipinski definition) is 2. The maximum Gasteiger partial charge on any atom is 0.164 e. The normalized spacial score (nSPS) is 22.5. The molecule has 2 aromatic carbocycles. The van der Waals surface area contributed by atoms with Crippen molar-refractivity contribution in [1.29, 1.82) is 0 Å². The first-order chi connectivity index (χ1) is 16.0. The van der Waals surface area contributed by atoms with Crippen molar-refractivity contribution in [1.82, 2.24) is 14.5 Å². The van der Waals surface area contributed by atoms with Gasteiger partial charge in [0.2, 0.25) is 0 Å². The molecule has 1 fully saturated rings. The molecule has 0 aliphatic carbocycles. The van der Waals surface area contributed by atoms with Gasteiger partial charge in [-0.05, 0) is 36.8 Å². The average molecular weight is 484 g/mol. The summed E-state index contributed by atoms with van der Waals surface area (Å²) in [4.78, 5) is 8.79. The molecule has 170 valence electrons. The van der Waals surface area contributed by atoms with Crippen LogP contribution in [0.2, 0.25) is 5.02 Å². The van der Waals surface area contributed by atoms with Crippen LogP contribution in [0.4, 0.5) is 0 Å². The Balaban J connectivity index is 1.22. The number of rotatable bonds is 6. The van der Waals surface area contributed by atoms with E-state index in [0.29, 0.717) is 17.4 Å². The fourth-order valence-corrected chi connectivity index (χ4v) is 4.71. The molecule has 2 aromatic heterocycles. The molecule has 0 radical (unpaired) electrons. The van der Waals surface area contributed by atoms with E-state index in [1.807, 2.05) is 60.8 Å². The Morgan fingerprint density at radius 2 is 1.85 bits per heavy atom. The second kappa shape index (κ2) is 9.24. The highest BCUT2D eigenvalue weighted by atomic mass is 35.5. The Morgan fingerprint density at radius 3 is 2.55 bits per heavy atom. The zero-order chi connectivity index (χ0) is 22.9. The van der Waals surface area contributed by atoms with Crippen LogP contribution in [0.25, 0.3) is 10.6 Å². The summed E-state index contributed by atoms with van der Waals surface area (Å²) in [7, 11) is 0. The molecule has 4 atom stereocenters. The van der Waals surface area contributed by atoms with E-state index in [4.69, 9.17) is 21.1 Å². The molecular weight excluding hydrogens is 462 g/mol. The van der Waals surface area contributed by atoms with Crippen LogP contribution >= 0.6 is 22.9 Å². The SMILES string of the molecule is Cc1cn([C@@H]2O[C@@H](c3ccc(OCc4csc(-c5ccc(Cl)cc5)n4)cc3)[C@H](O)[C@@H]2O)cn1. The number of aryl methyl sites for hydroxylation is 1. The molecular formula is C24H22ClN3O4S. The number of benzene rings is 2. The van der Waals surface area contributed by atoms with Gasteiger partial charge in [0.1, 0.15) is 35.7 Å². The Bertz CT molecular complexity index is 1230. The first-order valence-corrected chi connectivity index (χ1v) is 11.7. The summed E-state index contributed by atoms with van der Waals surface area (Å²) in [6, 6.07) is 14.9. The molecule has 1 aliphatic rings. The first-order valence-electron chi connectivity index (χ1n) is 10.4. The van der Waals surface area contributed by atoms with Gasteiger partial charge in [-0.25, -0.2) is 9.97 Å². The molecule has 0 spiro atoms. The van der Waals surface area contributed by atoms with Crippen LogP contribution in [0.15, 0.2) is 66.4 Å². The number of aliphatic hydroxyl groups excluding tert-OH is 2. The predicted molar refractivity (Wildman–Crippen MR) is 125 cm³/mol. The highest BCUT2D eigenvalue weighted by molar-refractivity contribution is 7.13. The third-order valence-corrected chi connectivity index (χ3v) is 6.69. The van der Waals surface area contributed by atoms with Gasteiger partial charge >= 0.3 is 0 Å². The summed E-state index contributed by atoms with van der Waals surface area (Å²) in [5.74, 6) is 0.676. The number of ether oxygens (including phenoxy) is 2. The van der Waals surface area contributed by atoms with Crippen molar-refractivity contribution in [2.75, 3.05) is 0 Å². The number of aromatic nitrogens is 3. The number of hydrogen-bond acceptors (Lipinski definition) is 7. The summed E-state index contributed by atoms with van der Waals surface area (Å²) in [5, 5.41) is 24.6. The maximum atomic E-state index is 10.5. The van der Waals surface area contributed by atoms with E-state index in [1.54, 1.807) is 28.4 Å². The third-order valence-electron chi connectivity index (χ3n) is 5.50. The fourth-order valence-electron chi connectivity index (χ4n) is 3.77. The van der Waals surface area contributed by atoms with Gasteiger partial charge in [0.25, 0.3) is 0 Å². The van der Waals surface area contributed by atoms with Gasteiger partial charge < -0.3 is 24.3 Å². The lowest BCUT2D eigenvalue weighted by Gasteiger charge is -2.16. The summed E-state index contributed by atoms with van der Waals surface area (Å²) >= 11 is 7.51. The third kappa shape index (κ3) is 4.66. The summed E-state index contributed by atoms with van der Waals surface area (Å²) in [6.07, 6.45) is -0.0864. The highest BCUT2D eigenvalue weighted by Gasteiger charge is 2.44. The average Bonchev–Trinajstić information content (AvgIpc) is 3.54. The lowest BCUT2D eigenvalue weighted by Crippen LogP contribution is -2.28. The minimum atomic E-state index is -1.06. The van der Waals surface area contributed by atoms with Crippen LogP contribution in [0.1, 0.15) is 29.3 Å². The van der Waals surface area contributed by atoms with Gasteiger partial charge in [-0.2, -0.15) is 0 Å². The molecule has 7 nitrogen and oxygen atoms in total. The van der Waals surface area contributed by atoms with E-state index < -0.39 is 24.5 Å². The quantitative estimate of drug-likeness (QED) is 0.418. The molecule has 4 aromatic rings. The van der Waals surface area contributed by atoms with Crippen molar-refractivity contribution in [3.63, 3.8) is 0 Å². The molecule has 0 bridgehead atoms. The Morgan fingerprint density at radius 1 is 1.09 bits per heavy atom. The van der Waals surface area contributed by atoms with Crippen LogP contribution in [0.3, 0.4) is 0 Å². The smallest absolute Gasteiger partial charge is 0.164 e. The van der Waals surface area contributed by atoms with Crippen molar-refractivity contribution in [3.8, 4) is 16.3 Å². The lowest BCUT2D eigenvalue weighted by molar-refractivity contribution is -0.0380. The Hall–Kier alpha value is -2.75. The molecule has 2 N–H and O–H groups in total. The van der Waals surface area contributed by atoms with Crippen molar-refractivity contribution >= 4 is 22.9 Å². The summed E-state index contributed by atoms with van der Waals surface area (Å²) < 4.78 is 13.5. The van der Waals surface area contributed by atoms with E-state index in [1.165, 1.54) is 0 Å². The van der Waals surface area contributed by atoms with Crippen LogP contribution in [0, 0.1) is 6.92 Å². The summed E-state index contributed by atoms with van der Waals surface area (Å²) in [5.41, 5.74) is 3.42. The topological polar surface area (TPSA) is 89.6 Å². The van der Waals surface area contributed by atoms with E-state index in [-0.39, 0.29) is 0 Å². The van der Waals surface area contributed by atoms with E-state index in [9.17, 15) is 10.2 Å². The molecule has 9 heteroatoms. The molecule has 5 rings (SSSR count). The molecule has 1 saturated heterocycles. The maximum absolute atomic E-state index is 10.5. The first kappa shape index (κ1) is 22.1. The lowest BCUT2D eigenvalue weighted by atomic mass is 10.0. The summed E-state index contributed by atoms with van der Waals surface area (Å²) in [6.45, 7) is 2.20. The molecule has 0 unspecified atom stereocenters. The molecule has 3 heterocycles. The second-order valence-electron chi connectivity index (χ2n) is 7.90. The second-order valence-corrected chi connectivity index (χ2v) is 9.19. The van der Waals surface area contributed by atoms with Crippen molar-refractivity contribution in [2.45, 2.75) is 38.1 Å². The number of aliphatic hydroxyl groups is 2. The largest absolute Gasteiger partial charge is 0.487 e. The minimum Gasteiger partial charge on any atom is -0.487 e. The number of thiazole rings is 1. The van der Waals surface area contributed by atoms with Gasteiger partial charge in [-0.1, -0.05) is 35.9 Å². The molecule has 0 saturated carbocycles. The van der Waals surface area contributed by atoms with Crippen molar-refractivity contribution in [2.24, 2.45) is 0 Å². The van der Waals surface area contributed by atoms with Crippen LogP contribution in [0.5, 0.6) is 5.75 Å². The fraction of sp³-hybridized carbons (Fsp3) is 0.250. The molecule has 33 heavy (non-hydrogen) atoms. The molecule has 0 amide bonds. The van der Waals surface area contributed by atoms with Crippen LogP contribution in [-0.4, -0.2) is 37.0 Å². The number of nitrogens with zero attached hydrogens (tertiary/aromatic N) is 3. The zero-order valence-corrected chi connectivity index (χ0v) is 19.3. The van der Waals surface area contributed by atoms with Gasteiger partial charge in [0.15, 0.2) is 6.23 Å². The van der Waals surface area contributed by atoms with E-state index >= 15 is 0 Å². The van der Waals surface area contributed by atoms with E-state index in [2.05, 4.69) is 9.97 Å². The predicted octanol–water partition coefficient (Wildman–Crippen LogP) is 4.54. The van der Waals surface area contributed by atoms with Gasteiger partial charge in [0.05, 0.1) is 17.7 Å². The van der Waals surface area contributed by atoms with Crippen molar-refractivity contribution in [3.05, 3.63) is 88.4 Å². The van der Waals surface area contributed by atoms with E-state index in [0.717, 1.165) is 27.5 Å². The highest BCUT2D eigenvalue weighted by Crippen LogP contribution is 2.39. The van der Waals surface area contributed by atoms with Crippen LogP contribution < -0.4 is 4.74 Å². The molecule has 1 aliphatic heterocycles. The van der Waals surface area contributed by atoms with Crippen LogP contribution in [-0.2, 0) is 11.3 Å². The van der Waals surface area contributed by atoms with Gasteiger partial charge in [0, 0.05) is 22.2 Å². The number of halogens is 1. The van der Waals surface area contributed by atoms with Crippen molar-refractivity contribution < 1.29 is 19.7 Å². The minimum absolute atomic E-state index is 0.340. The van der Waals surface area contributed by atoms with Gasteiger partial charge in [-0.15, -0.1) is 11.3 Å². The number of imidazole rings is 1. The Kier molecular flexibility index (Phi) is 6.18. The zero-order valence-electron chi connectivity index (χ0n) is 17.7. The standard InChI is InChI=1S/C24H22ClN3O4S/c1-14-10-28(13-26-14)24-21(30)20(29)22(32-24)15-4-8-19(9-5-15)31-11-18-12-33-23(27-18)16-2-6-17(25)7-3-16/h2-10,12-13,20-22,24,29-30H,11H2,1H3/t20-,21+,22+,24-/m1/s1. The monoisotopic (exact) mass is 483 g/mol. The van der Waals surface area contributed by atoms with Gasteiger partial charge in [-0.3, -0.25) is 0 Å². The Labute approximate surface area is 199 Å².